The Morgan fingerprint density at radius 3 is 2.38 bits per heavy atom. The molecule has 0 radical (unpaired) electrons. The number of hydrogen-bond donors (Lipinski definition) is 0. The van der Waals surface area contributed by atoms with Crippen LogP contribution in [-0.4, -0.2) is 13.2 Å². The summed E-state index contributed by atoms with van der Waals surface area (Å²) >= 11 is 0. The first kappa shape index (κ1) is 6.09. The van der Waals surface area contributed by atoms with Gasteiger partial charge in [0.15, 0.2) is 0 Å². The Balaban J connectivity index is 2.15. The monoisotopic (exact) mass is 114 g/mol. The van der Waals surface area contributed by atoms with Crippen LogP contribution in [0.25, 0.3) is 0 Å². The first-order chi connectivity index (χ1) is 3.88. The Bertz CT molecular complexity index is 62.8. The van der Waals surface area contributed by atoms with Crippen LogP contribution in [0.1, 0.15) is 26.2 Å². The normalized spacial score (nSPS) is 23.2. The lowest BCUT2D eigenvalue weighted by Gasteiger charge is -2.09. The molecule has 1 saturated carbocycles. The number of rotatable bonds is 3. The molecule has 0 saturated heterocycles. The van der Waals surface area contributed by atoms with E-state index in [2.05, 4.69) is 6.92 Å². The van der Waals surface area contributed by atoms with Gasteiger partial charge in [-0.3, -0.25) is 0 Å². The lowest BCUT2D eigenvalue weighted by molar-refractivity contribution is 0.0814. The van der Waals surface area contributed by atoms with E-state index in [4.69, 9.17) is 4.74 Å². The molecule has 1 fully saturated rings. The Labute approximate surface area is 51.0 Å². The van der Waals surface area contributed by atoms with Crippen molar-refractivity contribution in [1.29, 1.82) is 0 Å². The second kappa shape index (κ2) is 2.49. The fourth-order valence-corrected chi connectivity index (χ4v) is 1.16. The number of ether oxygens (including phenoxy) is 1. The van der Waals surface area contributed by atoms with Crippen molar-refractivity contribution in [2.24, 2.45) is 5.92 Å². The van der Waals surface area contributed by atoms with E-state index >= 15 is 0 Å². The Morgan fingerprint density at radius 1 is 1.62 bits per heavy atom. The highest BCUT2D eigenvalue weighted by atomic mass is 16.5. The molecule has 0 unspecified atom stereocenters. The third-order valence-corrected chi connectivity index (χ3v) is 1.85. The fraction of sp³-hybridized carbons (Fsp3) is 1.00. The van der Waals surface area contributed by atoms with Crippen LogP contribution in [0.5, 0.6) is 0 Å². The van der Waals surface area contributed by atoms with E-state index in [0.29, 0.717) is 6.10 Å². The summed E-state index contributed by atoms with van der Waals surface area (Å²) in [4.78, 5) is 0. The first-order valence-electron chi connectivity index (χ1n) is 3.41. The van der Waals surface area contributed by atoms with Gasteiger partial charge in [0.1, 0.15) is 0 Å². The zero-order valence-electron chi connectivity index (χ0n) is 5.68. The first-order valence-corrected chi connectivity index (χ1v) is 3.41. The van der Waals surface area contributed by atoms with Gasteiger partial charge >= 0.3 is 0 Å². The molecule has 1 heteroatoms. The van der Waals surface area contributed by atoms with Crippen LogP contribution in [0.4, 0.5) is 0 Å². The van der Waals surface area contributed by atoms with Gasteiger partial charge in [-0.2, -0.15) is 0 Å². The minimum atomic E-state index is 0.565. The predicted octanol–water partition coefficient (Wildman–Crippen LogP) is 1.82. The number of hydrogen-bond acceptors (Lipinski definition) is 1. The van der Waals surface area contributed by atoms with Crippen LogP contribution in [0.2, 0.25) is 0 Å². The number of methoxy groups -OCH3 is 1. The van der Waals surface area contributed by atoms with E-state index in [1.165, 1.54) is 19.3 Å². The summed E-state index contributed by atoms with van der Waals surface area (Å²) < 4.78 is 5.22. The summed E-state index contributed by atoms with van der Waals surface area (Å²) in [6.45, 7) is 2.19. The van der Waals surface area contributed by atoms with Gasteiger partial charge in [-0.1, -0.05) is 6.92 Å². The predicted molar refractivity (Wildman–Crippen MR) is 33.8 cm³/mol. The Morgan fingerprint density at radius 2 is 2.25 bits per heavy atom. The molecule has 1 atom stereocenters. The molecule has 0 aromatic heterocycles. The fourth-order valence-electron chi connectivity index (χ4n) is 1.16. The van der Waals surface area contributed by atoms with Crippen molar-refractivity contribution in [3.8, 4) is 0 Å². The van der Waals surface area contributed by atoms with Gasteiger partial charge in [-0.05, 0) is 25.2 Å². The highest BCUT2D eigenvalue weighted by molar-refractivity contribution is 4.80. The van der Waals surface area contributed by atoms with E-state index in [-0.39, 0.29) is 0 Å². The molecule has 0 aromatic carbocycles. The molecule has 0 heterocycles. The van der Waals surface area contributed by atoms with Crippen LogP contribution in [0, 0.1) is 5.92 Å². The molecule has 8 heavy (non-hydrogen) atoms. The molecule has 0 aromatic rings. The Hall–Kier alpha value is -0.0400. The van der Waals surface area contributed by atoms with Gasteiger partial charge in [0.2, 0.25) is 0 Å². The van der Waals surface area contributed by atoms with Crippen molar-refractivity contribution in [2.75, 3.05) is 7.11 Å². The van der Waals surface area contributed by atoms with Crippen LogP contribution >= 0.6 is 0 Å². The highest BCUT2D eigenvalue weighted by Gasteiger charge is 2.29. The van der Waals surface area contributed by atoms with E-state index in [1.54, 1.807) is 0 Å². The van der Waals surface area contributed by atoms with Crippen LogP contribution in [0.15, 0.2) is 0 Å². The highest BCUT2D eigenvalue weighted by Crippen LogP contribution is 2.35. The average molecular weight is 114 g/mol. The van der Waals surface area contributed by atoms with E-state index in [0.717, 1.165) is 5.92 Å². The molecule has 0 spiro atoms. The van der Waals surface area contributed by atoms with E-state index in [1.807, 2.05) is 7.11 Å². The van der Waals surface area contributed by atoms with Crippen LogP contribution < -0.4 is 0 Å². The molecule has 0 N–H and O–H groups in total. The van der Waals surface area contributed by atoms with Gasteiger partial charge in [-0.15, -0.1) is 0 Å². The van der Waals surface area contributed by atoms with Crippen molar-refractivity contribution in [1.82, 2.24) is 0 Å². The maximum absolute atomic E-state index is 5.22. The largest absolute Gasteiger partial charge is 0.381 e. The third-order valence-electron chi connectivity index (χ3n) is 1.85. The minimum Gasteiger partial charge on any atom is -0.381 e. The summed E-state index contributed by atoms with van der Waals surface area (Å²) in [6, 6.07) is 0. The molecule has 0 bridgehead atoms. The van der Waals surface area contributed by atoms with Gasteiger partial charge in [0.25, 0.3) is 0 Å². The zero-order chi connectivity index (χ0) is 5.98. The standard InChI is InChI=1S/C7H14O/c1-3-7(8-2)6-4-5-6/h6-7H,3-5H2,1-2H3/t7-/m0/s1. The van der Waals surface area contributed by atoms with Crippen molar-refractivity contribution in [3.63, 3.8) is 0 Å². The summed E-state index contributed by atoms with van der Waals surface area (Å²) in [7, 11) is 1.81. The van der Waals surface area contributed by atoms with Gasteiger partial charge < -0.3 is 4.74 Å². The van der Waals surface area contributed by atoms with Crippen molar-refractivity contribution in [2.45, 2.75) is 32.3 Å². The summed E-state index contributed by atoms with van der Waals surface area (Å²) in [5.41, 5.74) is 0. The second-order valence-corrected chi connectivity index (χ2v) is 2.52. The molecule has 1 aliphatic rings. The summed E-state index contributed by atoms with van der Waals surface area (Å²) in [6.07, 6.45) is 4.54. The lowest BCUT2D eigenvalue weighted by atomic mass is 10.2. The van der Waals surface area contributed by atoms with Gasteiger partial charge in [0, 0.05) is 7.11 Å². The molecule has 1 rings (SSSR count). The smallest absolute Gasteiger partial charge is 0.0596 e. The van der Waals surface area contributed by atoms with E-state index in [9.17, 15) is 0 Å². The second-order valence-electron chi connectivity index (χ2n) is 2.52. The average Bonchev–Trinajstić information content (AvgIpc) is 2.53. The molecular formula is C7H14O. The Kier molecular flexibility index (Phi) is 1.90. The molecule has 48 valence electrons. The van der Waals surface area contributed by atoms with Gasteiger partial charge in [0.05, 0.1) is 6.10 Å². The quantitative estimate of drug-likeness (QED) is 0.543. The molecule has 1 nitrogen and oxygen atoms in total. The SMILES string of the molecule is CC[C@H](OC)C1CC1. The van der Waals surface area contributed by atoms with Crippen molar-refractivity contribution >= 4 is 0 Å². The van der Waals surface area contributed by atoms with Crippen LogP contribution in [-0.2, 0) is 4.74 Å². The molecule has 1 aliphatic carbocycles. The minimum absolute atomic E-state index is 0.565. The lowest BCUT2D eigenvalue weighted by Crippen LogP contribution is -2.10. The zero-order valence-corrected chi connectivity index (χ0v) is 5.68. The maximum Gasteiger partial charge on any atom is 0.0596 e. The molecule has 0 amide bonds. The maximum atomic E-state index is 5.22. The summed E-state index contributed by atoms with van der Waals surface area (Å²) in [5, 5.41) is 0. The topological polar surface area (TPSA) is 9.23 Å². The van der Waals surface area contributed by atoms with Gasteiger partial charge in [-0.25, -0.2) is 0 Å². The molecule has 0 aliphatic heterocycles. The summed E-state index contributed by atoms with van der Waals surface area (Å²) in [5.74, 6) is 0.907. The third kappa shape index (κ3) is 1.22. The van der Waals surface area contributed by atoms with Crippen LogP contribution in [0.3, 0.4) is 0 Å². The van der Waals surface area contributed by atoms with Crippen molar-refractivity contribution in [3.05, 3.63) is 0 Å². The molecular weight excluding hydrogens is 100 g/mol. The van der Waals surface area contributed by atoms with E-state index < -0.39 is 0 Å². The van der Waals surface area contributed by atoms with Crippen molar-refractivity contribution < 1.29 is 4.74 Å².